The number of para-hydroxylation sites is 1. The van der Waals surface area contributed by atoms with E-state index in [0.717, 1.165) is 23.3 Å². The second kappa shape index (κ2) is 9.02. The van der Waals surface area contributed by atoms with Gasteiger partial charge in [-0.15, -0.1) is 0 Å². The van der Waals surface area contributed by atoms with Gasteiger partial charge in [-0.1, -0.05) is 18.2 Å². The fourth-order valence-electron chi connectivity index (χ4n) is 1.69. The first-order chi connectivity index (χ1) is 10.6. The molecule has 0 aliphatic heterocycles. The number of carbonyl (C=O) groups excluding carboxylic acids is 1. The van der Waals surface area contributed by atoms with E-state index in [2.05, 4.69) is 15.2 Å². The summed E-state index contributed by atoms with van der Waals surface area (Å²) in [7, 11) is 1.81. The highest BCUT2D eigenvalue weighted by Gasteiger charge is 2.13. The number of nitrogens with zero attached hydrogens (tertiary/aromatic N) is 2. The Kier molecular flexibility index (Phi) is 7.37. The molecule has 1 aromatic heterocycles. The highest BCUT2D eigenvalue weighted by molar-refractivity contribution is 8.14. The predicted octanol–water partition coefficient (Wildman–Crippen LogP) is -0.667. The zero-order valence-corrected chi connectivity index (χ0v) is 14.2. The third kappa shape index (κ3) is 5.46. The fraction of sp³-hybridized carbons (Fsp3) is 0.133. The predicted molar refractivity (Wildman–Crippen MR) is 87.8 cm³/mol. The van der Waals surface area contributed by atoms with Crippen molar-refractivity contribution in [3.63, 3.8) is 0 Å². The Labute approximate surface area is 145 Å². The van der Waals surface area contributed by atoms with Crippen LogP contribution in [0.25, 0.3) is 0 Å². The van der Waals surface area contributed by atoms with E-state index in [1.54, 1.807) is 16.7 Å². The lowest BCUT2D eigenvalue weighted by Gasteiger charge is -2.03. The van der Waals surface area contributed by atoms with Crippen LogP contribution in [0.15, 0.2) is 47.6 Å². The van der Waals surface area contributed by atoms with Crippen LogP contribution in [-0.2, 0) is 7.05 Å². The van der Waals surface area contributed by atoms with Crippen molar-refractivity contribution in [3.05, 3.63) is 53.9 Å². The Morgan fingerprint density at radius 2 is 1.96 bits per heavy atom. The van der Waals surface area contributed by atoms with Gasteiger partial charge in [0, 0.05) is 30.6 Å². The normalized spacial score (nSPS) is 10.2. The van der Waals surface area contributed by atoms with Gasteiger partial charge in [-0.2, -0.15) is 9.67 Å². The molecule has 0 unspecified atom stereocenters. The first-order valence-electron chi connectivity index (χ1n) is 6.57. The summed E-state index contributed by atoms with van der Waals surface area (Å²) in [5.41, 5.74) is 4.69. The maximum Gasteiger partial charge on any atom is 0.319 e. The van der Waals surface area contributed by atoms with Gasteiger partial charge in [0.15, 0.2) is 11.4 Å². The number of halogens is 1. The highest BCUT2D eigenvalue weighted by Crippen LogP contribution is 2.12. The zero-order chi connectivity index (χ0) is 15.9. The Bertz CT molecular complexity index is 695. The van der Waals surface area contributed by atoms with Crippen LogP contribution in [0, 0.1) is 6.92 Å². The minimum atomic E-state index is -0.352. The summed E-state index contributed by atoms with van der Waals surface area (Å²) in [6.45, 7) is 1.91. The molecule has 0 saturated heterocycles. The number of hydrogen-bond donors (Lipinski definition) is 3. The lowest BCUT2D eigenvalue weighted by molar-refractivity contribution is -0.678. The number of amides is 1. The molecule has 1 aromatic carbocycles. The molecule has 2 aromatic rings. The second-order valence-electron chi connectivity index (χ2n) is 4.53. The molecule has 0 atom stereocenters. The SMILES string of the molecule is Cc1ccc(O)c(/C=N/NC(=O)SNc2ccccc2)[n+]1C.[Cl-]. The van der Waals surface area contributed by atoms with Crippen molar-refractivity contribution in [1.82, 2.24) is 5.43 Å². The highest BCUT2D eigenvalue weighted by atomic mass is 35.5. The van der Waals surface area contributed by atoms with Crippen LogP contribution in [-0.4, -0.2) is 16.6 Å². The number of benzene rings is 1. The van der Waals surface area contributed by atoms with E-state index in [1.807, 2.05) is 44.3 Å². The van der Waals surface area contributed by atoms with Crippen molar-refractivity contribution in [2.24, 2.45) is 12.1 Å². The fourth-order valence-corrected chi connectivity index (χ4v) is 2.14. The molecule has 3 N–H and O–H groups in total. The standard InChI is InChI=1S/C15H16N4O2S.ClH/c1-11-8-9-14(20)13(19(11)2)10-16-17-15(21)22-18-12-6-4-3-5-7-12;/h3-10,18,20H,1-2H3;1H. The summed E-state index contributed by atoms with van der Waals surface area (Å²) in [5.74, 6) is 0.0983. The molecular formula is C15H17ClN4O2S. The largest absolute Gasteiger partial charge is 1.00 e. The van der Waals surface area contributed by atoms with Crippen LogP contribution in [0.1, 0.15) is 11.4 Å². The monoisotopic (exact) mass is 352 g/mol. The number of nitrogens with one attached hydrogen (secondary N) is 2. The molecule has 0 bridgehead atoms. The van der Waals surface area contributed by atoms with Crippen molar-refractivity contribution in [1.29, 1.82) is 0 Å². The summed E-state index contributed by atoms with van der Waals surface area (Å²) in [6.07, 6.45) is 1.41. The van der Waals surface area contributed by atoms with E-state index in [4.69, 9.17) is 0 Å². The number of anilines is 1. The summed E-state index contributed by atoms with van der Waals surface area (Å²) in [6, 6.07) is 12.7. The van der Waals surface area contributed by atoms with Gasteiger partial charge in [0.05, 0.1) is 0 Å². The van der Waals surface area contributed by atoms with E-state index in [-0.39, 0.29) is 23.4 Å². The number of pyridine rings is 1. The average Bonchev–Trinajstić information content (AvgIpc) is 2.53. The molecule has 0 fully saturated rings. The molecule has 1 heterocycles. The van der Waals surface area contributed by atoms with Crippen LogP contribution < -0.4 is 27.1 Å². The number of carbonyl (C=O) groups is 1. The van der Waals surface area contributed by atoms with Gasteiger partial charge in [0.1, 0.15) is 13.3 Å². The average molecular weight is 353 g/mol. The van der Waals surface area contributed by atoms with Crippen LogP contribution in [0.2, 0.25) is 0 Å². The molecule has 122 valence electrons. The van der Waals surface area contributed by atoms with Gasteiger partial charge >= 0.3 is 5.24 Å². The van der Waals surface area contributed by atoms with Crippen molar-refractivity contribution < 1.29 is 26.9 Å². The Morgan fingerprint density at radius 1 is 1.26 bits per heavy atom. The van der Waals surface area contributed by atoms with E-state index in [1.165, 1.54) is 6.21 Å². The van der Waals surface area contributed by atoms with Crippen LogP contribution in [0.5, 0.6) is 5.75 Å². The van der Waals surface area contributed by atoms with Crippen LogP contribution >= 0.6 is 11.9 Å². The maximum absolute atomic E-state index is 11.6. The third-order valence-corrected chi connectivity index (χ3v) is 3.63. The Hall–Kier alpha value is -2.25. The van der Waals surface area contributed by atoms with E-state index >= 15 is 0 Å². The molecule has 0 aliphatic rings. The first kappa shape index (κ1) is 18.8. The third-order valence-electron chi connectivity index (χ3n) is 3.01. The van der Waals surface area contributed by atoms with Gasteiger partial charge in [0.25, 0.3) is 5.69 Å². The summed E-state index contributed by atoms with van der Waals surface area (Å²) < 4.78 is 4.68. The molecule has 8 heteroatoms. The summed E-state index contributed by atoms with van der Waals surface area (Å²) in [4.78, 5) is 11.6. The molecule has 1 amide bonds. The molecule has 23 heavy (non-hydrogen) atoms. The lowest BCUT2D eigenvalue weighted by atomic mass is 10.3. The van der Waals surface area contributed by atoms with Gasteiger partial charge in [-0.25, -0.2) is 5.43 Å². The smallest absolute Gasteiger partial charge is 0.319 e. The zero-order valence-electron chi connectivity index (χ0n) is 12.7. The molecular weight excluding hydrogens is 336 g/mol. The quantitative estimate of drug-likeness (QED) is 0.295. The Balaban J connectivity index is 0.00000264. The van der Waals surface area contributed by atoms with Gasteiger partial charge in [-0.05, 0) is 18.2 Å². The first-order valence-corrected chi connectivity index (χ1v) is 7.39. The maximum atomic E-state index is 11.6. The van der Waals surface area contributed by atoms with Crippen LogP contribution in [0.4, 0.5) is 10.5 Å². The number of rotatable bonds is 4. The number of hydrazone groups is 1. The van der Waals surface area contributed by atoms with Gasteiger partial charge in [-0.3, -0.25) is 4.79 Å². The molecule has 6 nitrogen and oxygen atoms in total. The number of aromatic hydroxyl groups is 1. The number of aromatic nitrogens is 1. The van der Waals surface area contributed by atoms with E-state index in [0.29, 0.717) is 5.69 Å². The lowest BCUT2D eigenvalue weighted by Crippen LogP contribution is -3.00. The van der Waals surface area contributed by atoms with Crippen molar-refractivity contribution in [2.45, 2.75) is 6.92 Å². The summed E-state index contributed by atoms with van der Waals surface area (Å²) >= 11 is 0.893. The van der Waals surface area contributed by atoms with Crippen molar-refractivity contribution >= 4 is 29.1 Å². The number of aryl methyl sites for hydroxylation is 1. The van der Waals surface area contributed by atoms with E-state index < -0.39 is 0 Å². The van der Waals surface area contributed by atoms with Crippen molar-refractivity contribution in [3.8, 4) is 5.75 Å². The second-order valence-corrected chi connectivity index (χ2v) is 5.31. The minimum absolute atomic E-state index is 0. The molecule has 2 rings (SSSR count). The van der Waals surface area contributed by atoms with Gasteiger partial charge in [0.2, 0.25) is 0 Å². The molecule has 0 radical (unpaired) electrons. The Morgan fingerprint density at radius 3 is 2.65 bits per heavy atom. The van der Waals surface area contributed by atoms with Crippen molar-refractivity contribution in [2.75, 3.05) is 4.72 Å². The summed E-state index contributed by atoms with van der Waals surface area (Å²) in [5, 5.41) is 13.3. The van der Waals surface area contributed by atoms with Crippen LogP contribution in [0.3, 0.4) is 0 Å². The topological polar surface area (TPSA) is 77.6 Å². The molecule has 0 aliphatic carbocycles. The van der Waals surface area contributed by atoms with Gasteiger partial charge < -0.3 is 22.2 Å². The van der Waals surface area contributed by atoms with E-state index in [9.17, 15) is 9.90 Å². The number of hydrogen-bond acceptors (Lipinski definition) is 5. The minimum Gasteiger partial charge on any atom is -1.00 e. The molecule has 0 saturated carbocycles. The molecule has 0 spiro atoms.